The van der Waals surface area contributed by atoms with E-state index >= 15 is 0 Å². The molecule has 2 fully saturated rings. The van der Waals surface area contributed by atoms with Gasteiger partial charge in [-0.2, -0.15) is 0 Å². The maximum absolute atomic E-state index is 3.76. The molecule has 4 unspecified atom stereocenters. The molecule has 1 saturated carbocycles. The van der Waals surface area contributed by atoms with E-state index in [0.717, 1.165) is 30.5 Å². The van der Waals surface area contributed by atoms with Gasteiger partial charge in [-0.05, 0) is 51.6 Å². The summed E-state index contributed by atoms with van der Waals surface area (Å²) in [6.45, 7) is 13.2. The lowest BCUT2D eigenvalue weighted by molar-refractivity contribution is 0.0614. The van der Waals surface area contributed by atoms with Crippen LogP contribution in [0.5, 0.6) is 0 Å². The highest BCUT2D eigenvalue weighted by molar-refractivity contribution is 4.88. The molecule has 0 bridgehead atoms. The van der Waals surface area contributed by atoms with Gasteiger partial charge in [0.15, 0.2) is 0 Å². The summed E-state index contributed by atoms with van der Waals surface area (Å²) >= 11 is 0. The van der Waals surface area contributed by atoms with Crippen LogP contribution in [0.25, 0.3) is 0 Å². The molecule has 4 atom stereocenters. The van der Waals surface area contributed by atoms with Gasteiger partial charge < -0.3 is 10.2 Å². The molecule has 0 aromatic rings. The van der Waals surface area contributed by atoms with E-state index in [4.69, 9.17) is 0 Å². The zero-order valence-corrected chi connectivity index (χ0v) is 14.1. The average Bonchev–Trinajstić information content (AvgIpc) is 2.44. The molecule has 0 amide bonds. The number of hydrogen-bond donors (Lipinski definition) is 1. The molecular formula is C17H35N3. The SMILES string of the molecule is CCNC1CCC(CC)CC1CN1CCN(C)CC1C. The van der Waals surface area contributed by atoms with Gasteiger partial charge in [-0.3, -0.25) is 4.90 Å². The van der Waals surface area contributed by atoms with Crippen molar-refractivity contribution in [1.29, 1.82) is 0 Å². The van der Waals surface area contributed by atoms with Crippen molar-refractivity contribution in [2.75, 3.05) is 39.8 Å². The van der Waals surface area contributed by atoms with E-state index in [9.17, 15) is 0 Å². The van der Waals surface area contributed by atoms with Crippen LogP contribution in [0.4, 0.5) is 0 Å². The van der Waals surface area contributed by atoms with Gasteiger partial charge in [0, 0.05) is 38.3 Å². The summed E-state index contributed by atoms with van der Waals surface area (Å²) in [5.74, 6) is 1.83. The van der Waals surface area contributed by atoms with E-state index in [1.807, 2.05) is 0 Å². The summed E-state index contributed by atoms with van der Waals surface area (Å²) < 4.78 is 0. The van der Waals surface area contributed by atoms with E-state index in [0.29, 0.717) is 0 Å². The lowest BCUT2D eigenvalue weighted by Crippen LogP contribution is -2.54. The smallest absolute Gasteiger partial charge is 0.0195 e. The average molecular weight is 281 g/mol. The summed E-state index contributed by atoms with van der Waals surface area (Å²) in [6.07, 6.45) is 5.63. The van der Waals surface area contributed by atoms with E-state index in [-0.39, 0.29) is 0 Å². The Bertz CT molecular complexity index is 281. The fourth-order valence-electron chi connectivity index (χ4n) is 4.21. The Morgan fingerprint density at radius 1 is 1.15 bits per heavy atom. The van der Waals surface area contributed by atoms with E-state index < -0.39 is 0 Å². The van der Waals surface area contributed by atoms with Gasteiger partial charge in [-0.25, -0.2) is 0 Å². The highest BCUT2D eigenvalue weighted by atomic mass is 15.3. The monoisotopic (exact) mass is 281 g/mol. The van der Waals surface area contributed by atoms with Crippen molar-refractivity contribution in [2.45, 2.75) is 58.5 Å². The van der Waals surface area contributed by atoms with E-state index in [1.165, 1.54) is 51.9 Å². The molecule has 2 rings (SSSR count). The summed E-state index contributed by atoms with van der Waals surface area (Å²) in [5.41, 5.74) is 0. The number of rotatable bonds is 5. The molecule has 118 valence electrons. The molecule has 0 radical (unpaired) electrons. The molecule has 2 aliphatic rings. The van der Waals surface area contributed by atoms with Gasteiger partial charge in [0.25, 0.3) is 0 Å². The quantitative estimate of drug-likeness (QED) is 0.835. The fourth-order valence-corrected chi connectivity index (χ4v) is 4.21. The first kappa shape index (κ1) is 16.3. The van der Waals surface area contributed by atoms with Crippen LogP contribution in [0, 0.1) is 11.8 Å². The van der Waals surface area contributed by atoms with Gasteiger partial charge in [-0.15, -0.1) is 0 Å². The highest BCUT2D eigenvalue weighted by Gasteiger charge is 2.32. The molecule has 0 spiro atoms. The first-order valence-corrected chi connectivity index (χ1v) is 8.80. The second-order valence-electron chi connectivity index (χ2n) is 7.12. The molecule has 1 heterocycles. The molecule has 1 saturated heterocycles. The number of nitrogens with one attached hydrogen (secondary N) is 1. The first-order chi connectivity index (χ1) is 9.63. The van der Waals surface area contributed by atoms with Gasteiger partial charge >= 0.3 is 0 Å². The Morgan fingerprint density at radius 2 is 1.95 bits per heavy atom. The van der Waals surface area contributed by atoms with Gasteiger partial charge in [0.2, 0.25) is 0 Å². The topological polar surface area (TPSA) is 18.5 Å². The van der Waals surface area contributed by atoms with Crippen molar-refractivity contribution >= 4 is 0 Å². The van der Waals surface area contributed by atoms with Crippen molar-refractivity contribution in [3.05, 3.63) is 0 Å². The van der Waals surface area contributed by atoms with Crippen molar-refractivity contribution in [3.63, 3.8) is 0 Å². The Morgan fingerprint density at radius 3 is 2.60 bits per heavy atom. The van der Waals surface area contributed by atoms with Crippen LogP contribution in [0.15, 0.2) is 0 Å². The predicted molar refractivity (Wildman–Crippen MR) is 87.1 cm³/mol. The molecule has 1 aliphatic carbocycles. The lowest BCUT2D eigenvalue weighted by atomic mass is 9.76. The minimum Gasteiger partial charge on any atom is -0.314 e. The zero-order valence-electron chi connectivity index (χ0n) is 14.1. The van der Waals surface area contributed by atoms with Crippen molar-refractivity contribution in [3.8, 4) is 0 Å². The fraction of sp³-hybridized carbons (Fsp3) is 1.00. The lowest BCUT2D eigenvalue weighted by Gasteiger charge is -2.44. The molecule has 3 heteroatoms. The molecule has 1 N–H and O–H groups in total. The van der Waals surface area contributed by atoms with Crippen LogP contribution in [0.2, 0.25) is 0 Å². The Labute approximate surface area is 126 Å². The number of piperazine rings is 1. The largest absolute Gasteiger partial charge is 0.314 e. The summed E-state index contributed by atoms with van der Waals surface area (Å²) in [4.78, 5) is 5.21. The number of hydrogen-bond acceptors (Lipinski definition) is 3. The third-order valence-corrected chi connectivity index (χ3v) is 5.57. The predicted octanol–water partition coefficient (Wildman–Crippen LogP) is 2.43. The third-order valence-electron chi connectivity index (χ3n) is 5.57. The molecular weight excluding hydrogens is 246 g/mol. The van der Waals surface area contributed by atoms with Crippen molar-refractivity contribution < 1.29 is 0 Å². The summed E-state index contributed by atoms with van der Waals surface area (Å²) in [7, 11) is 2.25. The number of likely N-dealkylation sites (N-methyl/N-ethyl adjacent to an activating group) is 1. The second kappa shape index (κ2) is 7.77. The van der Waals surface area contributed by atoms with Crippen LogP contribution in [0.1, 0.15) is 46.5 Å². The maximum Gasteiger partial charge on any atom is 0.0195 e. The van der Waals surface area contributed by atoms with Gasteiger partial charge in [0.05, 0.1) is 0 Å². The molecule has 0 aromatic heterocycles. The molecule has 20 heavy (non-hydrogen) atoms. The summed E-state index contributed by atoms with van der Waals surface area (Å²) in [5, 5.41) is 3.76. The maximum atomic E-state index is 3.76. The summed E-state index contributed by atoms with van der Waals surface area (Å²) in [6, 6.07) is 1.48. The van der Waals surface area contributed by atoms with E-state index in [2.05, 4.69) is 42.9 Å². The minimum atomic E-state index is 0.720. The van der Waals surface area contributed by atoms with E-state index in [1.54, 1.807) is 0 Å². The highest BCUT2D eigenvalue weighted by Crippen LogP contribution is 2.32. The Kier molecular flexibility index (Phi) is 6.31. The normalized spacial score (nSPS) is 37.2. The van der Waals surface area contributed by atoms with Crippen LogP contribution < -0.4 is 5.32 Å². The number of nitrogens with zero attached hydrogens (tertiary/aromatic N) is 2. The standard InChI is InChI=1S/C17H35N3/c1-5-15-7-8-17(18-6-2)16(11-15)13-20-10-9-19(4)12-14(20)3/h14-18H,5-13H2,1-4H3. The van der Waals surface area contributed by atoms with Crippen LogP contribution in [0.3, 0.4) is 0 Å². The molecule has 3 nitrogen and oxygen atoms in total. The first-order valence-electron chi connectivity index (χ1n) is 8.80. The molecule has 1 aliphatic heterocycles. The zero-order chi connectivity index (χ0) is 14.5. The van der Waals surface area contributed by atoms with Gasteiger partial charge in [0.1, 0.15) is 0 Å². The third kappa shape index (κ3) is 4.19. The van der Waals surface area contributed by atoms with Gasteiger partial charge in [-0.1, -0.05) is 20.3 Å². The van der Waals surface area contributed by atoms with Crippen molar-refractivity contribution in [1.82, 2.24) is 15.1 Å². The van der Waals surface area contributed by atoms with Crippen molar-refractivity contribution in [2.24, 2.45) is 11.8 Å². The van der Waals surface area contributed by atoms with Crippen LogP contribution in [-0.4, -0.2) is 61.7 Å². The minimum absolute atomic E-state index is 0.720. The van der Waals surface area contributed by atoms with Crippen LogP contribution >= 0.6 is 0 Å². The second-order valence-corrected chi connectivity index (χ2v) is 7.12. The van der Waals surface area contributed by atoms with Crippen LogP contribution in [-0.2, 0) is 0 Å². The Balaban J connectivity index is 1.92. The Hall–Kier alpha value is -0.120. The molecule has 0 aromatic carbocycles.